The van der Waals surface area contributed by atoms with Crippen LogP contribution in [0.1, 0.15) is 25.6 Å². The largest absolute Gasteiger partial charge is 0.336 e. The van der Waals surface area contributed by atoms with Gasteiger partial charge in [-0.1, -0.05) is 41.5 Å². The molecule has 0 atom stereocenters. The van der Waals surface area contributed by atoms with Crippen LogP contribution >= 0.6 is 27.7 Å². The van der Waals surface area contributed by atoms with Crippen molar-refractivity contribution in [2.75, 3.05) is 16.9 Å². The normalized spacial score (nSPS) is 10.9. The van der Waals surface area contributed by atoms with Crippen molar-refractivity contribution in [3.05, 3.63) is 34.6 Å². The molecule has 21 heavy (non-hydrogen) atoms. The highest BCUT2D eigenvalue weighted by Crippen LogP contribution is 2.19. The summed E-state index contributed by atoms with van der Waals surface area (Å²) < 4.78 is 2.40. The summed E-state index contributed by atoms with van der Waals surface area (Å²) in [7, 11) is 0. The van der Waals surface area contributed by atoms with Crippen molar-refractivity contribution in [2.45, 2.75) is 24.9 Å². The Bertz CT molecular complexity index is 626. The van der Waals surface area contributed by atoms with E-state index in [1.807, 2.05) is 38.1 Å². The van der Waals surface area contributed by atoms with Gasteiger partial charge < -0.3 is 11.2 Å². The van der Waals surface area contributed by atoms with Crippen LogP contribution in [0.15, 0.2) is 33.9 Å². The second-order valence-electron chi connectivity index (χ2n) is 4.71. The first-order chi connectivity index (χ1) is 9.97. The fourth-order valence-corrected chi connectivity index (χ4v) is 2.57. The van der Waals surface area contributed by atoms with Crippen LogP contribution in [0.4, 0.5) is 5.69 Å². The molecule has 8 heteroatoms. The zero-order valence-corrected chi connectivity index (χ0v) is 14.1. The van der Waals surface area contributed by atoms with E-state index in [-0.39, 0.29) is 17.6 Å². The molecule has 0 aliphatic rings. The highest BCUT2D eigenvalue weighted by molar-refractivity contribution is 9.10. The molecule has 112 valence electrons. The number of anilines is 1. The van der Waals surface area contributed by atoms with Crippen molar-refractivity contribution in [2.24, 2.45) is 0 Å². The summed E-state index contributed by atoms with van der Waals surface area (Å²) in [5, 5.41) is 11.4. The Morgan fingerprint density at radius 3 is 2.62 bits per heavy atom. The molecule has 0 unspecified atom stereocenters. The first-order valence-electron chi connectivity index (χ1n) is 6.36. The summed E-state index contributed by atoms with van der Waals surface area (Å²) in [5.74, 6) is 6.89. The number of halogens is 1. The van der Waals surface area contributed by atoms with Gasteiger partial charge in [0.15, 0.2) is 5.82 Å². The van der Waals surface area contributed by atoms with Gasteiger partial charge in [-0.15, -0.1) is 10.2 Å². The van der Waals surface area contributed by atoms with E-state index in [0.717, 1.165) is 10.2 Å². The second kappa shape index (κ2) is 6.95. The lowest BCUT2D eigenvalue weighted by Gasteiger charge is -2.06. The molecule has 0 aliphatic carbocycles. The average Bonchev–Trinajstić information content (AvgIpc) is 2.80. The molecule has 1 aromatic heterocycles. The van der Waals surface area contributed by atoms with Gasteiger partial charge in [-0.2, -0.15) is 0 Å². The Balaban J connectivity index is 1.91. The Kier molecular flexibility index (Phi) is 5.24. The first-order valence-corrected chi connectivity index (χ1v) is 8.14. The number of hydrogen-bond acceptors (Lipinski definition) is 5. The number of nitrogens with zero attached hydrogens (tertiary/aromatic N) is 3. The highest BCUT2D eigenvalue weighted by Gasteiger charge is 2.14. The topological polar surface area (TPSA) is 85.8 Å². The van der Waals surface area contributed by atoms with Crippen LogP contribution in [-0.2, 0) is 4.79 Å². The van der Waals surface area contributed by atoms with E-state index in [4.69, 9.17) is 5.84 Å². The van der Waals surface area contributed by atoms with Gasteiger partial charge >= 0.3 is 0 Å². The molecule has 2 aromatic rings. The van der Waals surface area contributed by atoms with Crippen LogP contribution in [0.2, 0.25) is 0 Å². The SMILES string of the molecule is CC(C)c1nnc(SCC(=O)Nc2ccc(Br)cc2)n1N. The zero-order valence-electron chi connectivity index (χ0n) is 11.7. The van der Waals surface area contributed by atoms with Gasteiger partial charge in [-0.3, -0.25) is 4.79 Å². The summed E-state index contributed by atoms with van der Waals surface area (Å²) >= 11 is 4.61. The molecule has 2 rings (SSSR count). The quantitative estimate of drug-likeness (QED) is 0.624. The van der Waals surface area contributed by atoms with Crippen LogP contribution in [-0.4, -0.2) is 26.5 Å². The van der Waals surface area contributed by atoms with E-state index in [9.17, 15) is 4.79 Å². The van der Waals surface area contributed by atoms with E-state index in [1.165, 1.54) is 16.4 Å². The lowest BCUT2D eigenvalue weighted by atomic mass is 10.2. The van der Waals surface area contributed by atoms with E-state index < -0.39 is 0 Å². The number of benzene rings is 1. The number of carbonyl (C=O) groups excluding carboxylic acids is 1. The molecular weight excluding hydrogens is 354 g/mol. The smallest absolute Gasteiger partial charge is 0.234 e. The van der Waals surface area contributed by atoms with Crippen molar-refractivity contribution in [3.8, 4) is 0 Å². The minimum atomic E-state index is -0.114. The number of hydrogen-bond donors (Lipinski definition) is 2. The van der Waals surface area contributed by atoms with Gasteiger partial charge in [-0.05, 0) is 24.3 Å². The number of amides is 1. The van der Waals surface area contributed by atoms with Crippen molar-refractivity contribution in [1.82, 2.24) is 14.9 Å². The second-order valence-corrected chi connectivity index (χ2v) is 6.57. The summed E-state index contributed by atoms with van der Waals surface area (Å²) in [5.41, 5.74) is 0.751. The number of nitrogen functional groups attached to an aromatic ring is 1. The number of carbonyl (C=O) groups is 1. The molecule has 1 amide bonds. The lowest BCUT2D eigenvalue weighted by Crippen LogP contribution is -2.17. The van der Waals surface area contributed by atoms with Crippen LogP contribution in [0.5, 0.6) is 0 Å². The Labute approximate surface area is 135 Å². The van der Waals surface area contributed by atoms with E-state index >= 15 is 0 Å². The van der Waals surface area contributed by atoms with Gasteiger partial charge in [0.05, 0.1) is 5.75 Å². The molecule has 1 heterocycles. The molecule has 0 aliphatic heterocycles. The summed E-state index contributed by atoms with van der Waals surface area (Å²) in [6.45, 7) is 3.98. The summed E-state index contributed by atoms with van der Waals surface area (Å²) in [6.07, 6.45) is 0. The predicted octanol–water partition coefficient (Wildman–Crippen LogP) is 2.61. The van der Waals surface area contributed by atoms with Gasteiger partial charge in [0.1, 0.15) is 0 Å². The third-order valence-electron chi connectivity index (χ3n) is 2.67. The number of nitrogens with two attached hydrogens (primary N) is 1. The standard InChI is InChI=1S/C13H16BrN5OS/c1-8(2)12-17-18-13(19(12)15)21-7-11(20)16-10-5-3-9(14)4-6-10/h3-6,8H,7,15H2,1-2H3,(H,16,20). The van der Waals surface area contributed by atoms with Gasteiger partial charge in [0, 0.05) is 16.1 Å². The van der Waals surface area contributed by atoms with Gasteiger partial charge in [0.2, 0.25) is 11.1 Å². The molecule has 0 spiro atoms. The van der Waals surface area contributed by atoms with Crippen molar-refractivity contribution in [3.63, 3.8) is 0 Å². The fraction of sp³-hybridized carbons (Fsp3) is 0.308. The lowest BCUT2D eigenvalue weighted by molar-refractivity contribution is -0.113. The van der Waals surface area contributed by atoms with Gasteiger partial charge in [-0.25, -0.2) is 4.68 Å². The number of thioether (sulfide) groups is 1. The Morgan fingerprint density at radius 1 is 1.38 bits per heavy atom. The number of aromatic nitrogens is 3. The van der Waals surface area contributed by atoms with Crippen molar-refractivity contribution in [1.29, 1.82) is 0 Å². The van der Waals surface area contributed by atoms with E-state index in [0.29, 0.717) is 11.0 Å². The molecule has 0 bridgehead atoms. The number of nitrogens with one attached hydrogen (secondary N) is 1. The Morgan fingerprint density at radius 2 is 2.05 bits per heavy atom. The summed E-state index contributed by atoms with van der Waals surface area (Å²) in [6, 6.07) is 7.40. The monoisotopic (exact) mass is 369 g/mol. The molecule has 0 saturated carbocycles. The van der Waals surface area contributed by atoms with E-state index in [1.54, 1.807) is 0 Å². The predicted molar refractivity (Wildman–Crippen MR) is 87.8 cm³/mol. The van der Waals surface area contributed by atoms with Crippen molar-refractivity contribution >= 4 is 39.3 Å². The minimum absolute atomic E-state index is 0.114. The first kappa shape index (κ1) is 15.8. The molecule has 0 radical (unpaired) electrons. The maximum Gasteiger partial charge on any atom is 0.234 e. The molecule has 0 fully saturated rings. The van der Waals surface area contributed by atoms with Gasteiger partial charge in [0.25, 0.3) is 0 Å². The maximum atomic E-state index is 11.9. The van der Waals surface area contributed by atoms with Crippen LogP contribution < -0.4 is 11.2 Å². The fourth-order valence-electron chi connectivity index (χ4n) is 1.64. The maximum absolute atomic E-state index is 11.9. The molecule has 0 saturated heterocycles. The average molecular weight is 370 g/mol. The minimum Gasteiger partial charge on any atom is -0.336 e. The zero-order chi connectivity index (χ0) is 15.4. The molecule has 1 aromatic carbocycles. The third-order valence-corrected chi connectivity index (χ3v) is 4.14. The van der Waals surface area contributed by atoms with E-state index in [2.05, 4.69) is 31.4 Å². The highest BCUT2D eigenvalue weighted by atomic mass is 79.9. The molecular formula is C13H16BrN5OS. The molecule has 6 nitrogen and oxygen atoms in total. The van der Waals surface area contributed by atoms with Crippen molar-refractivity contribution < 1.29 is 4.79 Å². The third kappa shape index (κ3) is 4.21. The van der Waals surface area contributed by atoms with Crippen LogP contribution in [0.3, 0.4) is 0 Å². The Hall–Kier alpha value is -1.54. The van der Waals surface area contributed by atoms with Crippen LogP contribution in [0.25, 0.3) is 0 Å². The molecule has 3 N–H and O–H groups in total. The number of rotatable bonds is 5. The van der Waals surface area contributed by atoms with Crippen LogP contribution in [0, 0.1) is 0 Å². The summed E-state index contributed by atoms with van der Waals surface area (Å²) in [4.78, 5) is 11.9.